The molecule has 19 heavy (non-hydrogen) atoms. The van der Waals surface area contributed by atoms with Crippen LogP contribution in [0.5, 0.6) is 0 Å². The molecule has 0 saturated heterocycles. The molecule has 5 heteroatoms. The lowest BCUT2D eigenvalue weighted by Gasteiger charge is -2.09. The molecule has 0 aliphatic carbocycles. The molecule has 0 saturated carbocycles. The van der Waals surface area contributed by atoms with Crippen molar-refractivity contribution < 1.29 is 0 Å². The van der Waals surface area contributed by atoms with Crippen LogP contribution in [0.25, 0.3) is 16.7 Å². The minimum atomic E-state index is 0.435. The van der Waals surface area contributed by atoms with Crippen molar-refractivity contribution in [3.8, 4) is 5.69 Å². The van der Waals surface area contributed by atoms with E-state index in [1.54, 1.807) is 0 Å². The van der Waals surface area contributed by atoms with E-state index >= 15 is 0 Å². The van der Waals surface area contributed by atoms with Gasteiger partial charge in [-0.2, -0.15) is 0 Å². The number of hydrogen-bond donors (Lipinski definition) is 1. The molecule has 0 bridgehead atoms. The molecule has 0 amide bonds. The smallest absolute Gasteiger partial charge is 0.205 e. The van der Waals surface area contributed by atoms with Crippen molar-refractivity contribution in [3.05, 3.63) is 51.5 Å². The predicted molar refractivity (Wildman–Crippen MR) is 82.9 cm³/mol. The number of anilines is 1. The molecule has 1 aromatic heterocycles. The average molecular weight is 337 g/mol. The number of halogens is 2. The van der Waals surface area contributed by atoms with Gasteiger partial charge in [0.2, 0.25) is 5.95 Å². The lowest BCUT2D eigenvalue weighted by atomic mass is 10.2. The van der Waals surface area contributed by atoms with E-state index in [2.05, 4.69) is 20.9 Å². The maximum Gasteiger partial charge on any atom is 0.205 e. The second kappa shape index (κ2) is 4.54. The fourth-order valence-corrected chi connectivity index (χ4v) is 2.63. The van der Waals surface area contributed by atoms with E-state index < -0.39 is 0 Å². The van der Waals surface area contributed by atoms with E-state index in [0.717, 1.165) is 26.8 Å². The van der Waals surface area contributed by atoms with Gasteiger partial charge in [0.05, 0.1) is 16.1 Å². The summed E-state index contributed by atoms with van der Waals surface area (Å²) in [4.78, 5) is 4.35. The Morgan fingerprint density at radius 3 is 2.79 bits per heavy atom. The molecule has 0 unspecified atom stereocenters. The number of aromatic nitrogens is 2. The highest BCUT2D eigenvalue weighted by Gasteiger charge is 2.13. The van der Waals surface area contributed by atoms with E-state index in [4.69, 9.17) is 17.3 Å². The zero-order chi connectivity index (χ0) is 13.6. The second-order valence-electron chi connectivity index (χ2n) is 4.35. The van der Waals surface area contributed by atoms with Gasteiger partial charge < -0.3 is 5.73 Å². The molecule has 3 aromatic rings. The number of imidazole rings is 1. The number of benzene rings is 2. The Kier molecular flexibility index (Phi) is 2.99. The van der Waals surface area contributed by atoms with Gasteiger partial charge in [-0.25, -0.2) is 4.98 Å². The molecule has 0 spiro atoms. The van der Waals surface area contributed by atoms with Crippen LogP contribution in [0.1, 0.15) is 5.56 Å². The number of aryl methyl sites for hydroxylation is 1. The van der Waals surface area contributed by atoms with Gasteiger partial charge in [-0.3, -0.25) is 4.57 Å². The molecule has 0 radical (unpaired) electrons. The van der Waals surface area contributed by atoms with Gasteiger partial charge in [0.25, 0.3) is 0 Å². The normalized spacial score (nSPS) is 11.1. The van der Waals surface area contributed by atoms with Gasteiger partial charge in [0.15, 0.2) is 0 Å². The summed E-state index contributed by atoms with van der Waals surface area (Å²) in [6.07, 6.45) is 0. The van der Waals surface area contributed by atoms with E-state index in [-0.39, 0.29) is 0 Å². The third-order valence-electron chi connectivity index (χ3n) is 3.05. The summed E-state index contributed by atoms with van der Waals surface area (Å²) in [6.45, 7) is 2.03. The molecule has 96 valence electrons. The molecule has 3 nitrogen and oxygen atoms in total. The molecular weight excluding hydrogens is 326 g/mol. The minimum Gasteiger partial charge on any atom is -0.369 e. The van der Waals surface area contributed by atoms with Gasteiger partial charge in [-0.05, 0) is 42.8 Å². The van der Waals surface area contributed by atoms with Crippen molar-refractivity contribution in [1.29, 1.82) is 0 Å². The molecule has 0 aliphatic rings. The average Bonchev–Trinajstić information content (AvgIpc) is 2.70. The van der Waals surface area contributed by atoms with Crippen molar-refractivity contribution in [1.82, 2.24) is 9.55 Å². The van der Waals surface area contributed by atoms with Crippen molar-refractivity contribution in [2.24, 2.45) is 0 Å². The molecule has 0 aliphatic heterocycles. The molecule has 1 heterocycles. The van der Waals surface area contributed by atoms with Crippen LogP contribution in [0.3, 0.4) is 0 Å². The molecule has 2 N–H and O–H groups in total. The summed E-state index contributed by atoms with van der Waals surface area (Å²) < 4.78 is 2.93. The Bertz CT molecular complexity index is 780. The van der Waals surface area contributed by atoms with Gasteiger partial charge in [0.1, 0.15) is 0 Å². The van der Waals surface area contributed by atoms with Crippen molar-refractivity contribution in [2.45, 2.75) is 6.92 Å². The van der Waals surface area contributed by atoms with Gasteiger partial charge in [-0.1, -0.05) is 33.6 Å². The summed E-state index contributed by atoms with van der Waals surface area (Å²) in [5.74, 6) is 0.435. The summed E-state index contributed by atoms with van der Waals surface area (Å²) in [6, 6.07) is 11.6. The number of para-hydroxylation sites is 1. The van der Waals surface area contributed by atoms with Crippen LogP contribution in [0, 0.1) is 6.92 Å². The van der Waals surface area contributed by atoms with Gasteiger partial charge in [-0.15, -0.1) is 0 Å². The lowest BCUT2D eigenvalue weighted by Crippen LogP contribution is -2.01. The van der Waals surface area contributed by atoms with Gasteiger partial charge in [0, 0.05) is 10.2 Å². The SMILES string of the molecule is Cc1cc(-n2c(N)nc3cccc(Cl)c32)ccc1Br. The monoisotopic (exact) mass is 335 g/mol. The van der Waals surface area contributed by atoms with Crippen LogP contribution in [-0.4, -0.2) is 9.55 Å². The summed E-state index contributed by atoms with van der Waals surface area (Å²) in [5.41, 5.74) is 9.74. The van der Waals surface area contributed by atoms with Crippen molar-refractivity contribution in [2.75, 3.05) is 5.73 Å². The number of nitrogen functional groups attached to an aromatic ring is 1. The minimum absolute atomic E-state index is 0.435. The Balaban J connectivity index is 2.35. The number of nitrogens with two attached hydrogens (primary N) is 1. The number of fused-ring (bicyclic) bond motifs is 1. The quantitative estimate of drug-likeness (QED) is 0.718. The summed E-state index contributed by atoms with van der Waals surface area (Å²) in [5, 5.41) is 0.641. The summed E-state index contributed by atoms with van der Waals surface area (Å²) in [7, 11) is 0. The molecule has 0 fully saturated rings. The highest BCUT2D eigenvalue weighted by Crippen LogP contribution is 2.30. The highest BCUT2D eigenvalue weighted by atomic mass is 79.9. The highest BCUT2D eigenvalue weighted by molar-refractivity contribution is 9.10. The van der Waals surface area contributed by atoms with E-state index in [0.29, 0.717) is 11.0 Å². The fraction of sp³-hybridized carbons (Fsp3) is 0.0714. The van der Waals surface area contributed by atoms with Crippen LogP contribution in [0.15, 0.2) is 40.9 Å². The van der Waals surface area contributed by atoms with Crippen LogP contribution in [0.2, 0.25) is 5.02 Å². The molecule has 3 rings (SSSR count). The lowest BCUT2D eigenvalue weighted by molar-refractivity contribution is 1.10. The first-order valence-corrected chi connectivity index (χ1v) is 6.94. The summed E-state index contributed by atoms with van der Waals surface area (Å²) >= 11 is 9.76. The van der Waals surface area contributed by atoms with E-state index in [1.165, 1.54) is 0 Å². The van der Waals surface area contributed by atoms with Crippen molar-refractivity contribution in [3.63, 3.8) is 0 Å². The van der Waals surface area contributed by atoms with Crippen LogP contribution >= 0.6 is 27.5 Å². The molecule has 2 aromatic carbocycles. The third kappa shape index (κ3) is 2.01. The first kappa shape index (κ1) is 12.5. The fourth-order valence-electron chi connectivity index (χ4n) is 2.13. The first-order valence-electron chi connectivity index (χ1n) is 5.77. The Labute approximate surface area is 124 Å². The zero-order valence-corrected chi connectivity index (χ0v) is 12.5. The van der Waals surface area contributed by atoms with E-state index in [1.807, 2.05) is 47.9 Å². The first-order chi connectivity index (χ1) is 9.08. The standard InChI is InChI=1S/C14H11BrClN3/c1-8-7-9(5-6-10(8)15)19-13-11(16)3-2-4-12(13)18-14(19)17/h2-7H,1H3,(H2,17,18). The van der Waals surface area contributed by atoms with Gasteiger partial charge >= 0.3 is 0 Å². The van der Waals surface area contributed by atoms with Crippen LogP contribution in [0.4, 0.5) is 5.95 Å². The Morgan fingerprint density at radius 1 is 1.26 bits per heavy atom. The largest absolute Gasteiger partial charge is 0.369 e. The zero-order valence-electron chi connectivity index (χ0n) is 10.2. The maximum absolute atomic E-state index is 6.27. The molecule has 0 atom stereocenters. The van der Waals surface area contributed by atoms with E-state index in [9.17, 15) is 0 Å². The Morgan fingerprint density at radius 2 is 2.05 bits per heavy atom. The molecular formula is C14H11BrClN3. The number of nitrogens with zero attached hydrogens (tertiary/aromatic N) is 2. The second-order valence-corrected chi connectivity index (χ2v) is 5.61. The van der Waals surface area contributed by atoms with Crippen molar-refractivity contribution >= 4 is 44.5 Å². The van der Waals surface area contributed by atoms with Crippen LogP contribution in [-0.2, 0) is 0 Å². The number of hydrogen-bond acceptors (Lipinski definition) is 2. The van der Waals surface area contributed by atoms with Crippen LogP contribution < -0.4 is 5.73 Å². The third-order valence-corrected chi connectivity index (χ3v) is 4.25. The Hall–Kier alpha value is -1.52. The topological polar surface area (TPSA) is 43.8 Å². The predicted octanol–water partition coefficient (Wildman–Crippen LogP) is 4.33. The maximum atomic E-state index is 6.27. The number of rotatable bonds is 1.